The van der Waals surface area contributed by atoms with Crippen molar-refractivity contribution in [3.63, 3.8) is 0 Å². The Bertz CT molecular complexity index is 1710. The minimum Gasteiger partial charge on any atom is -0.377 e. The topological polar surface area (TPSA) is 108 Å². The summed E-state index contributed by atoms with van der Waals surface area (Å²) in [6, 6.07) is 23.5. The fourth-order valence-corrected chi connectivity index (χ4v) is 5.28. The van der Waals surface area contributed by atoms with E-state index in [1.165, 1.54) is 0 Å². The molecule has 1 aliphatic rings. The molecule has 0 saturated heterocycles. The maximum absolute atomic E-state index is 12.8. The van der Waals surface area contributed by atoms with Gasteiger partial charge in [0.2, 0.25) is 0 Å². The number of nitriles is 1. The summed E-state index contributed by atoms with van der Waals surface area (Å²) in [6.07, 6.45) is 3.56. The van der Waals surface area contributed by atoms with E-state index < -0.39 is 0 Å². The smallest absolute Gasteiger partial charge is 0.253 e. The zero-order valence-electron chi connectivity index (χ0n) is 24.8. The molecule has 3 aromatic carbocycles. The van der Waals surface area contributed by atoms with Gasteiger partial charge in [0, 0.05) is 55.2 Å². The van der Waals surface area contributed by atoms with Crippen LogP contribution in [0, 0.1) is 11.3 Å². The summed E-state index contributed by atoms with van der Waals surface area (Å²) in [5, 5.41) is 20.3. The Hall–Kier alpha value is -4.78. The predicted octanol–water partition coefficient (Wildman–Crippen LogP) is 6.36. The number of benzene rings is 3. The van der Waals surface area contributed by atoms with Crippen molar-refractivity contribution < 1.29 is 4.79 Å². The zero-order chi connectivity index (χ0) is 30.7. The van der Waals surface area contributed by atoms with E-state index in [2.05, 4.69) is 53.4 Å². The Balaban J connectivity index is 1.59. The number of pyridine rings is 1. The number of nitrogens with one attached hydrogen (secondary N) is 4. The van der Waals surface area contributed by atoms with Crippen LogP contribution in [0.3, 0.4) is 0 Å². The first kappa shape index (κ1) is 29.7. The predicted molar refractivity (Wildman–Crippen MR) is 172 cm³/mol. The number of hydrogen-bond acceptors (Lipinski definition) is 8. The minimum absolute atomic E-state index is 0.0695. The van der Waals surface area contributed by atoms with Crippen LogP contribution in [0.5, 0.6) is 0 Å². The van der Waals surface area contributed by atoms with Gasteiger partial charge in [0.15, 0.2) is 0 Å². The normalized spacial score (nSPS) is 14.1. The summed E-state index contributed by atoms with van der Waals surface area (Å²) in [7, 11) is 3.47. The molecule has 0 aliphatic carbocycles. The van der Waals surface area contributed by atoms with Gasteiger partial charge in [-0.25, -0.2) is 0 Å². The van der Waals surface area contributed by atoms with Gasteiger partial charge in [0.25, 0.3) is 5.91 Å². The van der Waals surface area contributed by atoms with Crippen molar-refractivity contribution >= 4 is 39.8 Å². The Kier molecular flexibility index (Phi) is 8.71. The molecule has 2 atom stereocenters. The molecule has 1 aromatic heterocycles. The number of anilines is 2. The lowest BCUT2D eigenvalue weighted by atomic mass is 10.00. The first-order valence-corrected chi connectivity index (χ1v) is 14.5. The molecule has 0 fully saturated rings. The molecule has 9 nitrogen and oxygen atoms in total. The van der Waals surface area contributed by atoms with Gasteiger partial charge in [-0.3, -0.25) is 14.8 Å². The number of nitrogens with zero attached hydrogens (tertiary/aromatic N) is 4. The van der Waals surface area contributed by atoms with Crippen molar-refractivity contribution in [2.75, 3.05) is 24.7 Å². The van der Waals surface area contributed by atoms with Crippen LogP contribution >= 0.6 is 11.6 Å². The largest absolute Gasteiger partial charge is 0.377 e. The van der Waals surface area contributed by atoms with Gasteiger partial charge in [-0.1, -0.05) is 54.1 Å². The number of fused-ring (bicyclic) bond motifs is 1. The molecule has 0 spiro atoms. The third-order valence-electron chi connectivity index (χ3n) is 7.36. The summed E-state index contributed by atoms with van der Waals surface area (Å²) in [6.45, 7) is 6.22. The van der Waals surface area contributed by atoms with Crippen molar-refractivity contribution in [2.24, 2.45) is 0 Å². The fraction of sp³-hybridized carbons (Fsp3) is 0.242. The number of carbonyl (C=O) groups excluding carboxylic acids is 1. The summed E-state index contributed by atoms with van der Waals surface area (Å²) >= 11 is 6.82. The standard InChI is InChI=1S/C33H35ClN8O/c1-20(2)42-19-29(39-40-42)31(23-12-9-13-24(14-23)33(43)41(4)5)38-26-15-27-30(37-21(3)22-10-7-6-8-11-22)25(17-35)18-36-32(27)28(34)16-26/h6-16,18-21,31,38-40H,1-5H3,(H,36,37)/t21-,31+/m1/s1. The average molecular weight is 595 g/mol. The lowest BCUT2D eigenvalue weighted by Gasteiger charge is -2.23. The van der Waals surface area contributed by atoms with Crippen LogP contribution in [-0.2, 0) is 0 Å². The molecular formula is C33H35ClN8O. The summed E-state index contributed by atoms with van der Waals surface area (Å²) in [5.41, 5.74) is 12.3. The first-order chi connectivity index (χ1) is 20.7. The van der Waals surface area contributed by atoms with Crippen molar-refractivity contribution in [1.29, 1.82) is 5.26 Å². The summed E-state index contributed by atoms with van der Waals surface area (Å²) < 4.78 is 0. The number of aromatic nitrogens is 1. The molecule has 1 amide bonds. The van der Waals surface area contributed by atoms with Gasteiger partial charge in [0.05, 0.1) is 33.5 Å². The molecule has 220 valence electrons. The molecule has 0 bridgehead atoms. The minimum atomic E-state index is -0.369. The second-order valence-corrected chi connectivity index (χ2v) is 11.4. The molecule has 1 aliphatic heterocycles. The second-order valence-electron chi connectivity index (χ2n) is 11.0. The molecule has 2 heterocycles. The molecule has 4 N–H and O–H groups in total. The quantitative estimate of drug-likeness (QED) is 0.177. The van der Waals surface area contributed by atoms with Crippen LogP contribution < -0.4 is 21.6 Å². The van der Waals surface area contributed by atoms with Gasteiger partial charge in [-0.15, -0.1) is 5.53 Å². The number of carbonyl (C=O) groups is 1. The van der Waals surface area contributed by atoms with Crippen molar-refractivity contribution in [3.05, 3.63) is 112 Å². The molecule has 10 heteroatoms. The molecular weight excluding hydrogens is 560 g/mol. The fourth-order valence-electron chi connectivity index (χ4n) is 5.01. The lowest BCUT2D eigenvalue weighted by Crippen LogP contribution is -2.41. The monoisotopic (exact) mass is 594 g/mol. The number of rotatable bonds is 9. The second kappa shape index (κ2) is 12.6. The maximum Gasteiger partial charge on any atom is 0.253 e. The molecule has 43 heavy (non-hydrogen) atoms. The molecule has 5 rings (SSSR count). The van der Waals surface area contributed by atoms with Crippen molar-refractivity contribution in [1.82, 2.24) is 25.9 Å². The highest BCUT2D eigenvalue weighted by Gasteiger charge is 2.25. The van der Waals surface area contributed by atoms with Crippen LogP contribution in [0.15, 0.2) is 84.8 Å². The summed E-state index contributed by atoms with van der Waals surface area (Å²) in [4.78, 5) is 18.9. The summed E-state index contributed by atoms with van der Waals surface area (Å²) in [5.74, 6) is -0.0806. The molecule has 4 aromatic rings. The Morgan fingerprint density at radius 2 is 1.77 bits per heavy atom. The first-order valence-electron chi connectivity index (χ1n) is 14.1. The molecule has 0 radical (unpaired) electrons. The van der Waals surface area contributed by atoms with E-state index in [4.69, 9.17) is 11.6 Å². The lowest BCUT2D eigenvalue weighted by molar-refractivity contribution is 0.0827. The van der Waals surface area contributed by atoms with Crippen LogP contribution in [-0.4, -0.2) is 40.9 Å². The zero-order valence-corrected chi connectivity index (χ0v) is 25.6. The molecule has 0 saturated carbocycles. The maximum atomic E-state index is 12.8. The van der Waals surface area contributed by atoms with Crippen LogP contribution in [0.25, 0.3) is 10.9 Å². The third kappa shape index (κ3) is 6.36. The van der Waals surface area contributed by atoms with E-state index in [1.807, 2.05) is 77.9 Å². The van der Waals surface area contributed by atoms with Crippen molar-refractivity contribution in [2.45, 2.75) is 38.9 Å². The SMILES string of the molecule is CC(C)N1C=C([C@@H](Nc2cc(Cl)c3ncc(C#N)c(N[C@H](C)c4ccccc4)c3c2)c2cccc(C(=O)N(C)C)c2)NN1. The number of amides is 1. The Labute approximate surface area is 257 Å². The highest BCUT2D eigenvalue weighted by molar-refractivity contribution is 6.35. The number of halogens is 1. The van der Waals surface area contributed by atoms with Gasteiger partial charge in [-0.05, 0) is 56.2 Å². The highest BCUT2D eigenvalue weighted by atomic mass is 35.5. The van der Waals surface area contributed by atoms with Crippen molar-refractivity contribution in [3.8, 4) is 6.07 Å². The van der Waals surface area contributed by atoms with Crippen LogP contribution in [0.4, 0.5) is 11.4 Å². The number of hydrogen-bond donors (Lipinski definition) is 4. The van der Waals surface area contributed by atoms with E-state index >= 15 is 0 Å². The number of hydrazine groups is 2. The van der Waals surface area contributed by atoms with E-state index in [1.54, 1.807) is 25.2 Å². The third-order valence-corrected chi connectivity index (χ3v) is 7.65. The van der Waals surface area contributed by atoms with E-state index in [0.29, 0.717) is 27.4 Å². The van der Waals surface area contributed by atoms with E-state index in [9.17, 15) is 10.1 Å². The van der Waals surface area contributed by atoms with Gasteiger partial charge in [0.1, 0.15) is 6.07 Å². The van der Waals surface area contributed by atoms with Gasteiger partial charge < -0.3 is 21.0 Å². The Morgan fingerprint density at radius 3 is 2.44 bits per heavy atom. The van der Waals surface area contributed by atoms with E-state index in [0.717, 1.165) is 27.9 Å². The van der Waals surface area contributed by atoms with Gasteiger partial charge >= 0.3 is 0 Å². The highest BCUT2D eigenvalue weighted by Crippen LogP contribution is 2.37. The van der Waals surface area contributed by atoms with Crippen LogP contribution in [0.1, 0.15) is 59.9 Å². The average Bonchev–Trinajstić information content (AvgIpc) is 3.51. The molecule has 0 unspecified atom stereocenters. The van der Waals surface area contributed by atoms with Crippen LogP contribution in [0.2, 0.25) is 5.02 Å². The van der Waals surface area contributed by atoms with E-state index in [-0.39, 0.29) is 24.0 Å². The Morgan fingerprint density at radius 1 is 1.02 bits per heavy atom. The van der Waals surface area contributed by atoms with Gasteiger partial charge in [-0.2, -0.15) is 5.26 Å².